The lowest BCUT2D eigenvalue weighted by molar-refractivity contribution is 0.117. The van der Waals surface area contributed by atoms with Gasteiger partial charge in [-0.15, -0.1) is 0 Å². The van der Waals surface area contributed by atoms with Crippen LogP contribution in [0, 0.1) is 6.92 Å². The topological polar surface area (TPSA) is 30.5 Å². The third-order valence-electron chi connectivity index (χ3n) is 2.62. The fourth-order valence-electron chi connectivity index (χ4n) is 1.55. The van der Waals surface area contributed by atoms with E-state index in [1.54, 1.807) is 14.2 Å². The summed E-state index contributed by atoms with van der Waals surface area (Å²) < 4.78 is 10.4. The first-order chi connectivity index (χ1) is 7.67. The van der Waals surface area contributed by atoms with Crippen LogP contribution < -0.4 is 10.1 Å². The van der Waals surface area contributed by atoms with Gasteiger partial charge in [0, 0.05) is 20.2 Å². The lowest BCUT2D eigenvalue weighted by Gasteiger charge is -2.11. The number of methoxy groups -OCH3 is 2. The highest BCUT2D eigenvalue weighted by molar-refractivity contribution is 5.36. The van der Waals surface area contributed by atoms with Crippen molar-refractivity contribution >= 4 is 0 Å². The van der Waals surface area contributed by atoms with Gasteiger partial charge in [0.05, 0.1) is 13.2 Å². The lowest BCUT2D eigenvalue weighted by atomic mass is 10.1. The Morgan fingerprint density at radius 3 is 2.62 bits per heavy atom. The number of hydrogen-bond acceptors (Lipinski definition) is 3. The Hall–Kier alpha value is -1.06. The van der Waals surface area contributed by atoms with E-state index < -0.39 is 0 Å². The average Bonchev–Trinajstić information content (AvgIpc) is 2.29. The van der Waals surface area contributed by atoms with Gasteiger partial charge in [-0.25, -0.2) is 0 Å². The molecule has 3 heteroatoms. The molecule has 0 radical (unpaired) electrons. The highest BCUT2D eigenvalue weighted by atomic mass is 16.5. The van der Waals surface area contributed by atoms with Gasteiger partial charge in [-0.05, 0) is 31.0 Å². The molecule has 3 nitrogen and oxygen atoms in total. The summed E-state index contributed by atoms with van der Waals surface area (Å²) in [6, 6.07) is 6.23. The van der Waals surface area contributed by atoms with Crippen LogP contribution in [0.5, 0.6) is 5.75 Å². The first-order valence-corrected chi connectivity index (χ1v) is 5.54. The molecule has 0 heterocycles. The standard InChI is InChI=1S/C13H21NO2/c1-10-7-12(5-6-13(10)16-4)9-14-8-11(2)15-3/h5-7,11,14H,8-9H2,1-4H3. The molecule has 0 saturated heterocycles. The van der Waals surface area contributed by atoms with E-state index >= 15 is 0 Å². The normalized spacial score (nSPS) is 12.5. The van der Waals surface area contributed by atoms with Gasteiger partial charge in [0.2, 0.25) is 0 Å². The van der Waals surface area contributed by atoms with E-state index in [4.69, 9.17) is 9.47 Å². The number of rotatable bonds is 6. The second-order valence-corrected chi connectivity index (χ2v) is 3.98. The first-order valence-electron chi connectivity index (χ1n) is 5.54. The lowest BCUT2D eigenvalue weighted by Crippen LogP contribution is -2.25. The molecule has 0 spiro atoms. The molecule has 0 amide bonds. The number of hydrogen-bond donors (Lipinski definition) is 1. The summed E-state index contributed by atoms with van der Waals surface area (Å²) >= 11 is 0. The zero-order chi connectivity index (χ0) is 12.0. The maximum Gasteiger partial charge on any atom is 0.121 e. The molecular weight excluding hydrogens is 202 g/mol. The molecule has 1 rings (SSSR count). The summed E-state index contributed by atoms with van der Waals surface area (Å²) in [6.45, 7) is 5.83. The molecule has 0 aliphatic carbocycles. The predicted octanol–water partition coefficient (Wildman–Crippen LogP) is 2.13. The van der Waals surface area contributed by atoms with Gasteiger partial charge in [0.25, 0.3) is 0 Å². The second kappa shape index (κ2) is 6.51. The average molecular weight is 223 g/mol. The van der Waals surface area contributed by atoms with Crippen molar-refractivity contribution in [1.82, 2.24) is 5.32 Å². The fourth-order valence-corrected chi connectivity index (χ4v) is 1.55. The Balaban J connectivity index is 2.46. The van der Waals surface area contributed by atoms with E-state index in [9.17, 15) is 0 Å². The number of benzene rings is 1. The molecule has 1 aromatic rings. The Kier molecular flexibility index (Phi) is 5.29. The molecule has 1 aromatic carbocycles. The van der Waals surface area contributed by atoms with Crippen molar-refractivity contribution in [1.29, 1.82) is 0 Å². The van der Waals surface area contributed by atoms with Crippen LogP contribution in [-0.2, 0) is 11.3 Å². The van der Waals surface area contributed by atoms with Crippen molar-refractivity contribution in [3.05, 3.63) is 29.3 Å². The molecule has 0 fully saturated rings. The Labute approximate surface area is 97.8 Å². The molecule has 1 atom stereocenters. The summed E-state index contributed by atoms with van der Waals surface area (Å²) in [6.07, 6.45) is 0.249. The van der Waals surface area contributed by atoms with Crippen LogP contribution in [0.1, 0.15) is 18.1 Å². The number of nitrogens with one attached hydrogen (secondary N) is 1. The minimum atomic E-state index is 0.249. The van der Waals surface area contributed by atoms with Crippen LogP contribution in [0.25, 0.3) is 0 Å². The van der Waals surface area contributed by atoms with E-state index in [2.05, 4.69) is 24.4 Å². The highest BCUT2D eigenvalue weighted by Crippen LogP contribution is 2.18. The van der Waals surface area contributed by atoms with Crippen LogP contribution in [0.2, 0.25) is 0 Å². The van der Waals surface area contributed by atoms with Gasteiger partial charge in [0.1, 0.15) is 5.75 Å². The maximum atomic E-state index is 5.22. The molecule has 16 heavy (non-hydrogen) atoms. The van der Waals surface area contributed by atoms with Gasteiger partial charge in [-0.3, -0.25) is 0 Å². The Morgan fingerprint density at radius 2 is 2.06 bits per heavy atom. The summed E-state index contributed by atoms with van der Waals surface area (Å²) in [5, 5.41) is 3.35. The molecule has 0 saturated carbocycles. The Bertz CT molecular complexity index is 326. The van der Waals surface area contributed by atoms with E-state index in [0.29, 0.717) is 0 Å². The SMILES string of the molecule is COc1ccc(CNCC(C)OC)cc1C. The van der Waals surface area contributed by atoms with Gasteiger partial charge in [0.15, 0.2) is 0 Å². The van der Waals surface area contributed by atoms with E-state index in [0.717, 1.165) is 18.8 Å². The van der Waals surface area contributed by atoms with Crippen LogP contribution in [-0.4, -0.2) is 26.9 Å². The van der Waals surface area contributed by atoms with Crippen LogP contribution in [0.15, 0.2) is 18.2 Å². The molecule has 0 bridgehead atoms. The maximum absolute atomic E-state index is 5.22. The molecule has 0 aliphatic rings. The van der Waals surface area contributed by atoms with Crippen LogP contribution >= 0.6 is 0 Å². The number of aryl methyl sites for hydroxylation is 1. The molecule has 0 aliphatic heterocycles. The summed E-state index contributed by atoms with van der Waals surface area (Å²) in [4.78, 5) is 0. The molecule has 1 unspecified atom stereocenters. The van der Waals surface area contributed by atoms with E-state index in [-0.39, 0.29) is 6.10 Å². The van der Waals surface area contributed by atoms with Gasteiger partial charge in [-0.1, -0.05) is 12.1 Å². The van der Waals surface area contributed by atoms with Crippen LogP contribution in [0.4, 0.5) is 0 Å². The fraction of sp³-hybridized carbons (Fsp3) is 0.538. The van der Waals surface area contributed by atoms with Crippen molar-refractivity contribution in [3.8, 4) is 5.75 Å². The highest BCUT2D eigenvalue weighted by Gasteiger charge is 2.01. The van der Waals surface area contributed by atoms with Gasteiger partial charge >= 0.3 is 0 Å². The summed E-state index contributed by atoms with van der Waals surface area (Å²) in [5.41, 5.74) is 2.43. The third kappa shape index (κ3) is 3.83. The van der Waals surface area contributed by atoms with Crippen molar-refractivity contribution < 1.29 is 9.47 Å². The summed E-state index contributed by atoms with van der Waals surface area (Å²) in [5.74, 6) is 0.939. The predicted molar refractivity (Wildman–Crippen MR) is 65.9 cm³/mol. The van der Waals surface area contributed by atoms with E-state index in [1.807, 2.05) is 13.0 Å². The van der Waals surface area contributed by atoms with Crippen molar-refractivity contribution in [2.75, 3.05) is 20.8 Å². The van der Waals surface area contributed by atoms with Gasteiger partial charge < -0.3 is 14.8 Å². The zero-order valence-electron chi connectivity index (χ0n) is 10.5. The van der Waals surface area contributed by atoms with E-state index in [1.165, 1.54) is 11.1 Å². The van der Waals surface area contributed by atoms with Crippen molar-refractivity contribution in [2.24, 2.45) is 0 Å². The largest absolute Gasteiger partial charge is 0.496 e. The molecule has 1 N–H and O–H groups in total. The summed E-state index contributed by atoms with van der Waals surface area (Å²) in [7, 11) is 3.42. The third-order valence-corrected chi connectivity index (χ3v) is 2.62. The molecular formula is C13H21NO2. The minimum Gasteiger partial charge on any atom is -0.496 e. The number of ether oxygens (including phenoxy) is 2. The first kappa shape index (κ1) is 13.0. The van der Waals surface area contributed by atoms with Crippen molar-refractivity contribution in [3.63, 3.8) is 0 Å². The van der Waals surface area contributed by atoms with Crippen molar-refractivity contribution in [2.45, 2.75) is 26.5 Å². The Morgan fingerprint density at radius 1 is 1.31 bits per heavy atom. The zero-order valence-corrected chi connectivity index (χ0v) is 10.5. The molecule has 0 aromatic heterocycles. The van der Waals surface area contributed by atoms with Crippen LogP contribution in [0.3, 0.4) is 0 Å². The second-order valence-electron chi connectivity index (χ2n) is 3.98. The molecule has 90 valence electrons. The smallest absolute Gasteiger partial charge is 0.121 e. The quantitative estimate of drug-likeness (QED) is 0.801. The monoisotopic (exact) mass is 223 g/mol. The minimum absolute atomic E-state index is 0.249. The van der Waals surface area contributed by atoms with Gasteiger partial charge in [-0.2, -0.15) is 0 Å².